The summed E-state index contributed by atoms with van der Waals surface area (Å²) in [4.78, 5) is 8.66. The zero-order valence-electron chi connectivity index (χ0n) is 19.9. The van der Waals surface area contributed by atoms with E-state index >= 15 is 0 Å². The molecule has 2 N–H and O–H groups in total. The van der Waals surface area contributed by atoms with Crippen molar-refractivity contribution in [1.29, 1.82) is 0 Å². The molecular formula is C24H33ClFN5O2. The molecule has 9 heteroatoms. The first-order valence-electron chi connectivity index (χ1n) is 11.0. The molecule has 0 atom stereocenters. The minimum atomic E-state index is 0.344. The maximum atomic E-state index is 12.2. The molecule has 3 aromatic heterocycles. The van der Waals surface area contributed by atoms with E-state index in [0.29, 0.717) is 53.7 Å². The van der Waals surface area contributed by atoms with Crippen molar-refractivity contribution in [3.05, 3.63) is 53.5 Å². The van der Waals surface area contributed by atoms with E-state index in [-0.39, 0.29) is 0 Å². The molecule has 0 radical (unpaired) electrons. The molecule has 0 aliphatic heterocycles. The van der Waals surface area contributed by atoms with Crippen LogP contribution in [0.4, 0.5) is 4.39 Å². The van der Waals surface area contributed by atoms with Crippen LogP contribution in [0.1, 0.15) is 64.8 Å². The van der Waals surface area contributed by atoms with Gasteiger partial charge >= 0.3 is 0 Å². The van der Waals surface area contributed by atoms with E-state index < -0.39 is 0 Å². The van der Waals surface area contributed by atoms with E-state index in [0.717, 1.165) is 29.7 Å². The number of allylic oxidation sites excluding steroid dienone is 3. The average molecular weight is 478 g/mol. The number of aromatic amines is 1. The van der Waals surface area contributed by atoms with Gasteiger partial charge in [-0.3, -0.25) is 5.10 Å². The van der Waals surface area contributed by atoms with Crippen LogP contribution in [0.15, 0.2) is 46.6 Å². The number of nitrogens with zero attached hydrogens (tertiary/aromatic N) is 4. The van der Waals surface area contributed by atoms with Crippen molar-refractivity contribution in [2.24, 2.45) is 0 Å². The van der Waals surface area contributed by atoms with Gasteiger partial charge in [0.05, 0.1) is 23.7 Å². The molecule has 0 saturated carbocycles. The Morgan fingerprint density at radius 1 is 1.27 bits per heavy atom. The number of unbranched alkanes of at least 4 members (excludes halogenated alkanes) is 1. The van der Waals surface area contributed by atoms with Crippen molar-refractivity contribution in [1.82, 2.24) is 25.3 Å². The van der Waals surface area contributed by atoms with Crippen molar-refractivity contribution in [3.8, 4) is 22.7 Å². The van der Waals surface area contributed by atoms with Gasteiger partial charge in [0.1, 0.15) is 5.69 Å². The van der Waals surface area contributed by atoms with Gasteiger partial charge in [-0.05, 0) is 44.7 Å². The number of H-pyrrole nitrogens is 1. The predicted octanol–water partition coefficient (Wildman–Crippen LogP) is 6.87. The molecule has 7 nitrogen and oxygen atoms in total. The third-order valence-electron chi connectivity index (χ3n) is 4.45. The third-order valence-corrected chi connectivity index (χ3v) is 4.92. The lowest BCUT2D eigenvalue weighted by Gasteiger charge is -2.05. The third kappa shape index (κ3) is 8.22. The van der Waals surface area contributed by atoms with Crippen LogP contribution >= 0.6 is 11.6 Å². The van der Waals surface area contributed by atoms with Crippen LogP contribution in [-0.4, -0.2) is 37.0 Å². The van der Waals surface area contributed by atoms with Gasteiger partial charge in [0.25, 0.3) is 0 Å². The molecule has 3 heterocycles. The van der Waals surface area contributed by atoms with Crippen LogP contribution in [0.25, 0.3) is 28.3 Å². The quantitative estimate of drug-likeness (QED) is 0.367. The van der Waals surface area contributed by atoms with Gasteiger partial charge in [-0.2, -0.15) is 5.10 Å². The lowest BCUT2D eigenvalue weighted by atomic mass is 10.0. The van der Waals surface area contributed by atoms with Crippen molar-refractivity contribution in [2.45, 2.75) is 60.3 Å². The molecule has 0 fully saturated rings. The van der Waals surface area contributed by atoms with E-state index in [1.165, 1.54) is 6.08 Å². The molecule has 0 spiro atoms. The minimum Gasteiger partial charge on any atom is -0.396 e. The zero-order valence-corrected chi connectivity index (χ0v) is 20.7. The van der Waals surface area contributed by atoms with Crippen LogP contribution < -0.4 is 0 Å². The second-order valence-corrected chi connectivity index (χ2v) is 7.18. The Morgan fingerprint density at radius 3 is 2.48 bits per heavy atom. The Kier molecular flexibility index (Phi) is 13.6. The molecule has 0 saturated heterocycles. The lowest BCUT2D eigenvalue weighted by Crippen LogP contribution is -1.93. The topological polar surface area (TPSA) is 101 Å². The highest BCUT2D eigenvalue weighted by Gasteiger charge is 2.25. The van der Waals surface area contributed by atoms with Crippen LogP contribution in [-0.2, 0) is 0 Å². The number of rotatable bonds is 8. The Hall–Kier alpha value is -2.84. The predicted molar refractivity (Wildman–Crippen MR) is 131 cm³/mol. The first-order chi connectivity index (χ1) is 16.0. The largest absolute Gasteiger partial charge is 0.396 e. The molecule has 0 aliphatic rings. The normalized spacial score (nSPS) is 11.4. The summed E-state index contributed by atoms with van der Waals surface area (Å²) in [5.74, 6) is 0.997. The molecule has 0 aromatic carbocycles. The Bertz CT molecular complexity index is 997. The summed E-state index contributed by atoms with van der Waals surface area (Å²) in [6.45, 7) is 10.1. The zero-order chi connectivity index (χ0) is 24.6. The smallest absolute Gasteiger partial charge is 0.181 e. The first kappa shape index (κ1) is 28.2. The van der Waals surface area contributed by atoms with Gasteiger partial charge in [-0.1, -0.05) is 50.0 Å². The number of halogens is 2. The summed E-state index contributed by atoms with van der Waals surface area (Å²) in [5.41, 5.74) is 3.55. The number of hydrogen-bond donors (Lipinski definition) is 2. The molecule has 0 unspecified atom stereocenters. The van der Waals surface area contributed by atoms with Crippen molar-refractivity contribution in [2.75, 3.05) is 6.61 Å². The molecule has 0 amide bonds. The minimum absolute atomic E-state index is 0.344. The van der Waals surface area contributed by atoms with E-state index in [2.05, 4.69) is 32.2 Å². The Balaban J connectivity index is 0.000000689. The molecule has 33 heavy (non-hydrogen) atoms. The average Bonchev–Trinajstić information content (AvgIpc) is 3.47. The molecular weight excluding hydrogens is 445 g/mol. The number of aryl methyl sites for hydroxylation is 1. The van der Waals surface area contributed by atoms with E-state index in [1.54, 1.807) is 24.7 Å². The van der Waals surface area contributed by atoms with E-state index in [1.807, 2.05) is 27.7 Å². The summed E-state index contributed by atoms with van der Waals surface area (Å²) < 4.78 is 17.8. The fourth-order valence-electron chi connectivity index (χ4n) is 2.69. The summed E-state index contributed by atoms with van der Waals surface area (Å²) in [7, 11) is 0. The number of hydrogen-bond acceptors (Lipinski definition) is 6. The van der Waals surface area contributed by atoms with Gasteiger partial charge in [-0.25, -0.2) is 14.4 Å². The van der Waals surface area contributed by atoms with Gasteiger partial charge in [0.2, 0.25) is 0 Å². The number of nitrogens with one attached hydrogen (secondary N) is 1. The van der Waals surface area contributed by atoms with Gasteiger partial charge in [-0.15, -0.1) is 0 Å². The van der Waals surface area contributed by atoms with Gasteiger partial charge in [0.15, 0.2) is 11.6 Å². The molecule has 3 aromatic rings. The van der Waals surface area contributed by atoms with Gasteiger partial charge < -0.3 is 9.63 Å². The second kappa shape index (κ2) is 15.9. The highest BCUT2D eigenvalue weighted by atomic mass is 35.5. The van der Waals surface area contributed by atoms with Gasteiger partial charge in [0, 0.05) is 29.7 Å². The summed E-state index contributed by atoms with van der Waals surface area (Å²) in [5, 5.41) is 19.8. The molecule has 0 bridgehead atoms. The Labute approximate surface area is 199 Å². The fourth-order valence-corrected chi connectivity index (χ4v) is 2.89. The van der Waals surface area contributed by atoms with Crippen molar-refractivity contribution < 1.29 is 14.0 Å². The van der Waals surface area contributed by atoms with E-state index in [4.69, 9.17) is 21.2 Å². The van der Waals surface area contributed by atoms with Crippen LogP contribution in [0, 0.1) is 6.92 Å². The highest BCUT2D eigenvalue weighted by molar-refractivity contribution is 6.32. The van der Waals surface area contributed by atoms with Crippen molar-refractivity contribution in [3.63, 3.8) is 0 Å². The second-order valence-electron chi connectivity index (χ2n) is 6.72. The van der Waals surface area contributed by atoms with Crippen molar-refractivity contribution >= 4 is 17.2 Å². The maximum absolute atomic E-state index is 12.2. The highest BCUT2D eigenvalue weighted by Crippen LogP contribution is 2.38. The van der Waals surface area contributed by atoms with E-state index in [9.17, 15) is 4.39 Å². The standard InChI is InChI=1S/C18H17ClFN5O.C4H10O.C2H6/c1-11(14(19)6-3-4-7-20)16-15(18-21-8-5-9-22-18)17(26-25-16)13-10-23-24-12(13)2;1-2-3-4-5;1-2/h4-5,7-10H,3,6H2,1-2H3,(H,23,24);5H,2-4H2,1H3;1-2H3/b7-4?,14-11-;;. The van der Waals surface area contributed by atoms with Crippen LogP contribution in [0.5, 0.6) is 0 Å². The number of aliphatic hydroxyl groups excluding tert-OH is 1. The summed E-state index contributed by atoms with van der Waals surface area (Å²) in [6.07, 6.45) is 9.93. The first-order valence-corrected chi connectivity index (χ1v) is 11.4. The van der Waals surface area contributed by atoms with Crippen LogP contribution in [0.3, 0.4) is 0 Å². The maximum Gasteiger partial charge on any atom is 0.181 e. The lowest BCUT2D eigenvalue weighted by molar-refractivity contribution is 0.287. The van der Waals surface area contributed by atoms with Crippen LogP contribution in [0.2, 0.25) is 0 Å². The number of aliphatic hydroxyl groups is 1. The molecule has 180 valence electrons. The monoisotopic (exact) mass is 477 g/mol. The number of aromatic nitrogens is 5. The molecule has 3 rings (SSSR count). The summed E-state index contributed by atoms with van der Waals surface area (Å²) >= 11 is 6.41. The SMILES string of the molecule is C/C(=C(/Cl)CCC=CF)c1noc(-c2cn[nH]c2C)c1-c1ncccn1.CC.CCCCO. The Morgan fingerprint density at radius 2 is 1.97 bits per heavy atom. The summed E-state index contributed by atoms with van der Waals surface area (Å²) in [6, 6.07) is 1.73. The molecule has 0 aliphatic carbocycles. The fraction of sp³-hybridized carbons (Fsp3) is 0.417.